The van der Waals surface area contributed by atoms with Gasteiger partial charge in [0, 0.05) is 25.8 Å². The number of thiazole rings is 1. The monoisotopic (exact) mass is 367 g/mol. The number of aromatic nitrogens is 1. The summed E-state index contributed by atoms with van der Waals surface area (Å²) in [4.78, 5) is 41.6. The zero-order chi connectivity index (χ0) is 18.4. The molecular weight excluding hydrogens is 342 g/mol. The number of carbonyl (C=O) groups is 3. The van der Waals surface area contributed by atoms with Crippen molar-refractivity contribution >= 4 is 34.3 Å². The van der Waals surface area contributed by atoms with Crippen molar-refractivity contribution in [3.05, 3.63) is 11.1 Å². The number of esters is 1. The van der Waals surface area contributed by atoms with E-state index < -0.39 is 11.5 Å². The maximum absolute atomic E-state index is 12.6. The molecule has 0 aromatic carbocycles. The second kappa shape index (κ2) is 8.42. The quantitative estimate of drug-likeness (QED) is 0.780. The van der Waals surface area contributed by atoms with Crippen molar-refractivity contribution in [1.29, 1.82) is 0 Å². The third kappa shape index (κ3) is 4.78. The van der Waals surface area contributed by atoms with E-state index in [0.29, 0.717) is 30.2 Å². The summed E-state index contributed by atoms with van der Waals surface area (Å²) in [6, 6.07) is 0. The smallest absolute Gasteiger partial charge is 0.332 e. The van der Waals surface area contributed by atoms with E-state index in [1.165, 1.54) is 25.2 Å². The summed E-state index contributed by atoms with van der Waals surface area (Å²) in [5, 5.41) is 5.17. The van der Waals surface area contributed by atoms with Crippen molar-refractivity contribution in [2.75, 3.05) is 11.4 Å². The molecule has 0 atom stereocenters. The van der Waals surface area contributed by atoms with Crippen LogP contribution in [0.25, 0.3) is 0 Å². The Balaban J connectivity index is 2.02. The number of ether oxygens (including phenoxy) is 1. The minimum absolute atomic E-state index is 0.0339. The lowest BCUT2D eigenvalue weighted by Gasteiger charge is -2.35. The van der Waals surface area contributed by atoms with Gasteiger partial charge in [-0.25, -0.2) is 9.78 Å². The molecule has 25 heavy (non-hydrogen) atoms. The number of carbonyl (C=O) groups excluding carboxylic acids is 3. The van der Waals surface area contributed by atoms with Crippen LogP contribution >= 0.6 is 11.3 Å². The first-order valence-corrected chi connectivity index (χ1v) is 9.44. The van der Waals surface area contributed by atoms with Gasteiger partial charge in [0.1, 0.15) is 12.1 Å². The van der Waals surface area contributed by atoms with Crippen molar-refractivity contribution in [3.63, 3.8) is 0 Å². The Bertz CT molecular complexity index is 638. The summed E-state index contributed by atoms with van der Waals surface area (Å²) in [6.45, 7) is 5.35. The minimum Gasteiger partial charge on any atom is -0.457 e. The third-order valence-electron chi connectivity index (χ3n) is 4.33. The average molecular weight is 367 g/mol. The Morgan fingerprint density at radius 1 is 1.28 bits per heavy atom. The molecule has 1 fully saturated rings. The first-order valence-electron chi connectivity index (χ1n) is 8.56. The van der Waals surface area contributed by atoms with Crippen LogP contribution in [0.3, 0.4) is 0 Å². The molecule has 1 aromatic rings. The number of nitrogens with zero attached hydrogens (tertiary/aromatic N) is 2. The lowest BCUT2D eigenvalue weighted by Crippen LogP contribution is -2.55. The molecule has 1 aliphatic rings. The Morgan fingerprint density at radius 2 is 1.96 bits per heavy atom. The van der Waals surface area contributed by atoms with Gasteiger partial charge in [-0.1, -0.05) is 19.3 Å². The number of anilines is 1. The Hall–Kier alpha value is -1.96. The van der Waals surface area contributed by atoms with E-state index in [-0.39, 0.29) is 18.4 Å². The number of rotatable bonds is 6. The van der Waals surface area contributed by atoms with E-state index in [1.54, 1.807) is 10.3 Å². The first-order chi connectivity index (χ1) is 11.9. The average Bonchev–Trinajstić information content (AvgIpc) is 3.01. The summed E-state index contributed by atoms with van der Waals surface area (Å²) in [6.07, 6.45) is 4.03. The van der Waals surface area contributed by atoms with E-state index in [9.17, 15) is 14.4 Å². The Morgan fingerprint density at radius 3 is 2.52 bits per heavy atom. The van der Waals surface area contributed by atoms with E-state index >= 15 is 0 Å². The van der Waals surface area contributed by atoms with Gasteiger partial charge in [-0.2, -0.15) is 0 Å². The molecule has 1 aliphatic carbocycles. The van der Waals surface area contributed by atoms with E-state index in [2.05, 4.69) is 10.3 Å². The first kappa shape index (κ1) is 19.4. The second-order valence-corrected chi connectivity index (χ2v) is 7.12. The minimum atomic E-state index is -0.919. The zero-order valence-corrected chi connectivity index (χ0v) is 15.8. The van der Waals surface area contributed by atoms with Crippen molar-refractivity contribution in [3.8, 4) is 0 Å². The summed E-state index contributed by atoms with van der Waals surface area (Å²) in [5.74, 6) is -0.710. The Kier molecular flexibility index (Phi) is 6.52. The van der Waals surface area contributed by atoms with Crippen LogP contribution in [-0.4, -0.2) is 34.9 Å². The fraction of sp³-hybridized carbons (Fsp3) is 0.647. The van der Waals surface area contributed by atoms with Crippen molar-refractivity contribution in [1.82, 2.24) is 10.3 Å². The number of hydrogen-bond donors (Lipinski definition) is 1. The standard InChI is InChI=1S/C17H25N3O4S/c1-4-20(13(3)22)16-18-14(11-25-16)10-24-15(23)17(19-12(2)21)8-6-5-7-9-17/h11H,4-10H2,1-3H3,(H,19,21). The van der Waals surface area contributed by atoms with Crippen LogP contribution in [0.1, 0.15) is 58.6 Å². The molecule has 0 saturated heterocycles. The number of hydrogen-bond acceptors (Lipinski definition) is 6. The van der Waals surface area contributed by atoms with Crippen LogP contribution in [-0.2, 0) is 25.7 Å². The highest BCUT2D eigenvalue weighted by Gasteiger charge is 2.41. The van der Waals surface area contributed by atoms with Crippen molar-refractivity contribution in [2.45, 2.75) is 65.0 Å². The van der Waals surface area contributed by atoms with Crippen LogP contribution in [0.5, 0.6) is 0 Å². The fourth-order valence-corrected chi connectivity index (χ4v) is 4.05. The summed E-state index contributed by atoms with van der Waals surface area (Å²) in [7, 11) is 0. The van der Waals surface area contributed by atoms with Crippen molar-refractivity contribution < 1.29 is 19.1 Å². The van der Waals surface area contributed by atoms with Crippen molar-refractivity contribution in [2.24, 2.45) is 0 Å². The van der Waals surface area contributed by atoms with Crippen LogP contribution in [0, 0.1) is 0 Å². The molecular formula is C17H25N3O4S. The molecule has 8 heteroatoms. The molecule has 7 nitrogen and oxygen atoms in total. The van der Waals surface area contributed by atoms with Crippen LogP contribution in [0.15, 0.2) is 5.38 Å². The van der Waals surface area contributed by atoms with Gasteiger partial charge in [0.2, 0.25) is 11.8 Å². The van der Waals surface area contributed by atoms with E-state index in [4.69, 9.17) is 4.74 Å². The molecule has 1 N–H and O–H groups in total. The summed E-state index contributed by atoms with van der Waals surface area (Å²) in [5.41, 5.74) is -0.320. The van der Waals surface area contributed by atoms with E-state index in [0.717, 1.165) is 19.3 Å². The maximum atomic E-state index is 12.6. The van der Waals surface area contributed by atoms with E-state index in [1.807, 2.05) is 6.92 Å². The molecule has 1 heterocycles. The highest BCUT2D eigenvalue weighted by atomic mass is 32.1. The highest BCUT2D eigenvalue weighted by molar-refractivity contribution is 7.14. The molecule has 2 rings (SSSR count). The zero-order valence-electron chi connectivity index (χ0n) is 15.0. The molecule has 0 aliphatic heterocycles. The molecule has 0 spiro atoms. The van der Waals surface area contributed by atoms with Gasteiger partial charge in [0.25, 0.3) is 0 Å². The predicted molar refractivity (Wildman–Crippen MR) is 95.2 cm³/mol. The largest absolute Gasteiger partial charge is 0.457 e. The molecule has 0 radical (unpaired) electrons. The lowest BCUT2D eigenvalue weighted by atomic mass is 9.81. The van der Waals surface area contributed by atoms with Gasteiger partial charge in [0.05, 0.1) is 5.69 Å². The van der Waals surface area contributed by atoms with Crippen LogP contribution in [0.2, 0.25) is 0 Å². The van der Waals surface area contributed by atoms with Gasteiger partial charge >= 0.3 is 5.97 Å². The summed E-state index contributed by atoms with van der Waals surface area (Å²) < 4.78 is 5.45. The summed E-state index contributed by atoms with van der Waals surface area (Å²) >= 11 is 1.34. The second-order valence-electron chi connectivity index (χ2n) is 6.28. The van der Waals surface area contributed by atoms with Crippen LogP contribution < -0.4 is 10.2 Å². The Labute approximate surface area is 151 Å². The molecule has 2 amide bonds. The molecule has 138 valence electrons. The molecule has 1 saturated carbocycles. The lowest BCUT2D eigenvalue weighted by molar-refractivity contribution is -0.156. The molecule has 0 unspecified atom stereocenters. The van der Waals surface area contributed by atoms with Gasteiger partial charge in [0.15, 0.2) is 5.13 Å². The van der Waals surface area contributed by atoms with Crippen LogP contribution in [0.4, 0.5) is 5.13 Å². The van der Waals surface area contributed by atoms with Gasteiger partial charge in [-0.15, -0.1) is 11.3 Å². The number of nitrogens with one attached hydrogen (secondary N) is 1. The third-order valence-corrected chi connectivity index (χ3v) is 5.24. The van der Waals surface area contributed by atoms with Gasteiger partial charge in [-0.3, -0.25) is 14.5 Å². The SMILES string of the molecule is CCN(C(C)=O)c1nc(COC(=O)C2(NC(C)=O)CCCCC2)cs1. The number of amides is 2. The molecule has 1 aromatic heterocycles. The van der Waals surface area contributed by atoms with Gasteiger partial charge in [-0.05, 0) is 19.8 Å². The predicted octanol–water partition coefficient (Wildman–Crippen LogP) is 2.40. The maximum Gasteiger partial charge on any atom is 0.332 e. The molecule has 0 bridgehead atoms. The topological polar surface area (TPSA) is 88.6 Å². The highest BCUT2D eigenvalue weighted by Crippen LogP contribution is 2.30. The normalized spacial score (nSPS) is 16.1. The fourth-order valence-electron chi connectivity index (χ4n) is 3.13. The van der Waals surface area contributed by atoms with Gasteiger partial charge < -0.3 is 10.1 Å².